The van der Waals surface area contributed by atoms with Gasteiger partial charge in [-0.15, -0.1) is 0 Å². The van der Waals surface area contributed by atoms with E-state index in [0.717, 1.165) is 36.4 Å². The molecule has 4 heterocycles. The maximum absolute atomic E-state index is 5.94. The monoisotopic (exact) mass is 341 g/mol. The molecule has 0 saturated carbocycles. The Labute approximate surface area is 144 Å². The van der Waals surface area contributed by atoms with Gasteiger partial charge in [-0.25, -0.2) is 15.0 Å². The second-order valence-corrected chi connectivity index (χ2v) is 5.96. The van der Waals surface area contributed by atoms with Crippen LogP contribution in [-0.2, 0) is 7.05 Å². The van der Waals surface area contributed by atoms with E-state index in [1.165, 1.54) is 0 Å². The van der Waals surface area contributed by atoms with Crippen LogP contribution in [0.4, 0.5) is 5.82 Å². The van der Waals surface area contributed by atoms with E-state index in [2.05, 4.69) is 29.8 Å². The summed E-state index contributed by atoms with van der Waals surface area (Å²) in [6.45, 7) is 1.62. The first-order valence-corrected chi connectivity index (χ1v) is 8.14. The van der Waals surface area contributed by atoms with Gasteiger partial charge in [-0.3, -0.25) is 0 Å². The van der Waals surface area contributed by atoms with Gasteiger partial charge in [0.1, 0.15) is 12.4 Å². The minimum Gasteiger partial charge on any atom is -0.494 e. The Balaban J connectivity index is 1.52. The lowest BCUT2D eigenvalue weighted by Crippen LogP contribution is -2.42. The molecule has 1 saturated heterocycles. The molecule has 4 rings (SSSR count). The number of piperidine rings is 1. The average molecular weight is 341 g/mol. The van der Waals surface area contributed by atoms with Crippen LogP contribution >= 0.6 is 0 Å². The van der Waals surface area contributed by atoms with Gasteiger partial charge in [-0.05, 0) is 12.8 Å². The Bertz CT molecular complexity index is 865. The number of ether oxygens (including phenoxy) is 2. The Morgan fingerprint density at radius 2 is 1.96 bits per heavy atom. The lowest BCUT2D eigenvalue weighted by molar-refractivity contribution is 0.164. The highest BCUT2D eigenvalue weighted by atomic mass is 16.5. The Morgan fingerprint density at radius 1 is 1.12 bits per heavy atom. The number of methoxy groups -OCH3 is 1. The van der Waals surface area contributed by atoms with Gasteiger partial charge in [0, 0.05) is 13.6 Å². The molecule has 1 unspecified atom stereocenters. The summed E-state index contributed by atoms with van der Waals surface area (Å²) in [5.41, 5.74) is 1.64. The van der Waals surface area contributed by atoms with E-state index < -0.39 is 0 Å². The molecule has 0 spiro atoms. The minimum absolute atomic E-state index is 0.00382. The van der Waals surface area contributed by atoms with E-state index in [-0.39, 0.29) is 6.10 Å². The summed E-state index contributed by atoms with van der Waals surface area (Å²) in [6, 6.07) is 0.360. The normalized spacial score (nSPS) is 17.7. The molecule has 9 nitrogen and oxygen atoms in total. The van der Waals surface area contributed by atoms with Crippen molar-refractivity contribution < 1.29 is 9.47 Å². The topological polar surface area (TPSA) is 91.1 Å². The first kappa shape index (κ1) is 15.6. The zero-order valence-electron chi connectivity index (χ0n) is 14.2. The summed E-state index contributed by atoms with van der Waals surface area (Å²) in [5.74, 6) is 1.45. The van der Waals surface area contributed by atoms with Crippen LogP contribution in [-0.4, -0.2) is 55.8 Å². The van der Waals surface area contributed by atoms with Crippen molar-refractivity contribution in [1.82, 2.24) is 29.5 Å². The quantitative estimate of drug-likeness (QED) is 0.699. The summed E-state index contributed by atoms with van der Waals surface area (Å²) in [7, 11) is 3.51. The third kappa shape index (κ3) is 3.04. The van der Waals surface area contributed by atoms with Gasteiger partial charge >= 0.3 is 6.01 Å². The summed E-state index contributed by atoms with van der Waals surface area (Å²) in [4.78, 5) is 23.7. The number of hydrogen-bond donors (Lipinski definition) is 0. The van der Waals surface area contributed by atoms with Crippen molar-refractivity contribution in [1.29, 1.82) is 0 Å². The zero-order chi connectivity index (χ0) is 17.2. The van der Waals surface area contributed by atoms with E-state index in [1.54, 1.807) is 32.2 Å². The maximum Gasteiger partial charge on any atom is 0.316 e. The minimum atomic E-state index is -0.00382. The number of aromatic nitrogens is 6. The molecular weight excluding hydrogens is 322 g/mol. The number of imidazole rings is 1. The maximum atomic E-state index is 5.94. The van der Waals surface area contributed by atoms with Gasteiger partial charge in [-0.2, -0.15) is 9.97 Å². The second kappa shape index (κ2) is 6.50. The highest BCUT2D eigenvalue weighted by Gasteiger charge is 2.25. The summed E-state index contributed by atoms with van der Waals surface area (Å²) >= 11 is 0. The standard InChI is InChI=1S/C16H19N7O2/c1-22-10-21-13-14(22)19-9-20-15(13)23-5-3-4-11(8-23)25-16-17-6-12(24-2)7-18-16/h6-7,9-11H,3-5,8H2,1-2H3. The van der Waals surface area contributed by atoms with E-state index in [4.69, 9.17) is 9.47 Å². The van der Waals surface area contributed by atoms with Gasteiger partial charge in [-0.1, -0.05) is 0 Å². The number of aryl methyl sites for hydroxylation is 1. The van der Waals surface area contributed by atoms with Crippen molar-refractivity contribution in [2.75, 3.05) is 25.1 Å². The highest BCUT2D eigenvalue weighted by molar-refractivity contribution is 5.83. The number of rotatable bonds is 4. The van der Waals surface area contributed by atoms with E-state index >= 15 is 0 Å². The molecule has 0 N–H and O–H groups in total. The highest BCUT2D eigenvalue weighted by Crippen LogP contribution is 2.25. The van der Waals surface area contributed by atoms with Crippen LogP contribution < -0.4 is 14.4 Å². The second-order valence-electron chi connectivity index (χ2n) is 5.96. The summed E-state index contributed by atoms with van der Waals surface area (Å²) in [5, 5.41) is 0. The van der Waals surface area contributed by atoms with Crippen LogP contribution in [0.3, 0.4) is 0 Å². The third-order valence-electron chi connectivity index (χ3n) is 4.27. The van der Waals surface area contributed by atoms with E-state index in [1.807, 2.05) is 11.6 Å². The molecule has 0 bridgehead atoms. The van der Waals surface area contributed by atoms with Gasteiger partial charge in [0.25, 0.3) is 0 Å². The largest absolute Gasteiger partial charge is 0.494 e. The fourth-order valence-electron chi connectivity index (χ4n) is 3.01. The number of hydrogen-bond acceptors (Lipinski definition) is 8. The number of fused-ring (bicyclic) bond motifs is 1. The lowest BCUT2D eigenvalue weighted by atomic mass is 10.1. The summed E-state index contributed by atoms with van der Waals surface area (Å²) < 4.78 is 12.9. The molecule has 3 aromatic rings. The fraction of sp³-hybridized carbons (Fsp3) is 0.438. The van der Waals surface area contributed by atoms with Crippen LogP contribution in [0.25, 0.3) is 11.2 Å². The van der Waals surface area contributed by atoms with Crippen molar-refractivity contribution in [3.8, 4) is 11.8 Å². The Hall–Kier alpha value is -2.97. The molecule has 0 aromatic carbocycles. The van der Waals surface area contributed by atoms with Crippen molar-refractivity contribution in [3.05, 3.63) is 25.0 Å². The number of anilines is 1. The third-order valence-corrected chi connectivity index (χ3v) is 4.27. The molecule has 1 atom stereocenters. The van der Waals surface area contributed by atoms with Gasteiger partial charge in [0.2, 0.25) is 0 Å². The first-order valence-electron chi connectivity index (χ1n) is 8.14. The van der Waals surface area contributed by atoms with Crippen molar-refractivity contribution in [2.45, 2.75) is 18.9 Å². The molecule has 1 aliphatic heterocycles. The van der Waals surface area contributed by atoms with Gasteiger partial charge in [0.15, 0.2) is 22.7 Å². The Kier molecular flexibility index (Phi) is 4.04. The van der Waals surface area contributed by atoms with Crippen LogP contribution in [0.5, 0.6) is 11.8 Å². The van der Waals surface area contributed by atoms with Gasteiger partial charge in [0.05, 0.1) is 32.4 Å². The molecule has 0 radical (unpaired) electrons. The smallest absolute Gasteiger partial charge is 0.316 e. The molecule has 1 aliphatic rings. The average Bonchev–Trinajstić information content (AvgIpc) is 3.04. The van der Waals surface area contributed by atoms with Crippen LogP contribution in [0.1, 0.15) is 12.8 Å². The molecule has 9 heteroatoms. The van der Waals surface area contributed by atoms with Crippen LogP contribution in [0.2, 0.25) is 0 Å². The predicted octanol–water partition coefficient (Wildman–Crippen LogP) is 1.21. The van der Waals surface area contributed by atoms with Crippen molar-refractivity contribution in [2.24, 2.45) is 7.05 Å². The molecule has 0 aliphatic carbocycles. The molecule has 3 aromatic heterocycles. The summed E-state index contributed by atoms with van der Waals surface area (Å²) in [6.07, 6.45) is 8.48. The molecule has 130 valence electrons. The predicted molar refractivity (Wildman–Crippen MR) is 90.8 cm³/mol. The van der Waals surface area contributed by atoms with Crippen LogP contribution in [0.15, 0.2) is 25.0 Å². The van der Waals surface area contributed by atoms with Crippen molar-refractivity contribution in [3.63, 3.8) is 0 Å². The molecular formula is C16H19N7O2. The SMILES string of the molecule is COc1cnc(OC2CCCN(c3ncnc4c3ncn4C)C2)nc1. The van der Waals surface area contributed by atoms with Crippen molar-refractivity contribution >= 4 is 17.0 Å². The fourth-order valence-corrected chi connectivity index (χ4v) is 3.01. The molecule has 1 fully saturated rings. The number of nitrogens with zero attached hydrogens (tertiary/aromatic N) is 7. The first-order chi connectivity index (χ1) is 12.2. The lowest BCUT2D eigenvalue weighted by Gasteiger charge is -2.33. The zero-order valence-corrected chi connectivity index (χ0v) is 14.2. The molecule has 0 amide bonds. The van der Waals surface area contributed by atoms with E-state index in [0.29, 0.717) is 18.3 Å². The molecule has 25 heavy (non-hydrogen) atoms. The Morgan fingerprint density at radius 3 is 2.76 bits per heavy atom. The van der Waals surface area contributed by atoms with E-state index in [9.17, 15) is 0 Å². The van der Waals surface area contributed by atoms with Crippen LogP contribution in [0, 0.1) is 0 Å². The van der Waals surface area contributed by atoms with Gasteiger partial charge < -0.3 is 18.9 Å².